The Morgan fingerprint density at radius 2 is 1.83 bits per heavy atom. The molecule has 1 heterocycles. The predicted molar refractivity (Wildman–Crippen MR) is 86.9 cm³/mol. The van der Waals surface area contributed by atoms with Gasteiger partial charge in [0.15, 0.2) is 0 Å². The molecule has 3 unspecified atom stereocenters. The highest BCUT2D eigenvalue weighted by atomic mass is 16.4. The lowest BCUT2D eigenvalue weighted by Gasteiger charge is -2.23. The number of hydrogen-bond acceptors (Lipinski definition) is 5. The van der Waals surface area contributed by atoms with Crippen LogP contribution in [0.1, 0.15) is 32.9 Å². The topological polar surface area (TPSA) is 150 Å². The van der Waals surface area contributed by atoms with E-state index in [1.165, 1.54) is 19.4 Å². The second-order valence-corrected chi connectivity index (χ2v) is 6.16. The first-order chi connectivity index (χ1) is 11.2. The molecule has 0 bridgehead atoms. The lowest BCUT2D eigenvalue weighted by Crippen LogP contribution is -2.54. The number of carboxylic acid groups (broad SMARTS) is 1. The van der Waals surface area contributed by atoms with Crippen LogP contribution in [0, 0.1) is 5.92 Å². The molecule has 0 aromatic carbocycles. The van der Waals surface area contributed by atoms with Gasteiger partial charge >= 0.3 is 5.97 Å². The van der Waals surface area contributed by atoms with Gasteiger partial charge in [0, 0.05) is 18.3 Å². The molecule has 134 valence electrons. The summed E-state index contributed by atoms with van der Waals surface area (Å²) in [7, 11) is 0. The summed E-state index contributed by atoms with van der Waals surface area (Å²) in [5.74, 6) is -2.05. The van der Waals surface area contributed by atoms with Gasteiger partial charge in [-0.2, -0.15) is 0 Å². The van der Waals surface area contributed by atoms with E-state index in [0.717, 1.165) is 0 Å². The number of H-pyrrole nitrogens is 1. The monoisotopic (exact) mass is 339 g/mol. The summed E-state index contributed by atoms with van der Waals surface area (Å²) in [6.07, 6.45) is 3.36. The highest BCUT2D eigenvalue weighted by Crippen LogP contribution is 2.07. The second-order valence-electron chi connectivity index (χ2n) is 6.16. The fourth-order valence-electron chi connectivity index (χ4n) is 2.09. The number of rotatable bonds is 9. The SMILES string of the molecule is CC(C)CC(NC(=O)C(C)N)C(=O)NC(Cc1cnc[nH]1)C(=O)O. The van der Waals surface area contributed by atoms with Crippen LogP contribution < -0.4 is 16.4 Å². The summed E-state index contributed by atoms with van der Waals surface area (Å²) < 4.78 is 0. The fraction of sp³-hybridized carbons (Fsp3) is 0.600. The third-order valence-electron chi connectivity index (χ3n) is 3.35. The van der Waals surface area contributed by atoms with Crippen molar-refractivity contribution in [3.05, 3.63) is 18.2 Å². The number of nitrogens with zero attached hydrogens (tertiary/aromatic N) is 1. The molecule has 0 radical (unpaired) electrons. The van der Waals surface area contributed by atoms with Gasteiger partial charge in [-0.3, -0.25) is 9.59 Å². The zero-order valence-electron chi connectivity index (χ0n) is 14.1. The summed E-state index contributed by atoms with van der Waals surface area (Å²) in [5, 5.41) is 14.3. The Kier molecular flexibility index (Phi) is 7.37. The number of nitrogens with one attached hydrogen (secondary N) is 3. The van der Waals surface area contributed by atoms with Crippen molar-refractivity contribution in [1.82, 2.24) is 20.6 Å². The number of carbonyl (C=O) groups excluding carboxylic acids is 2. The largest absolute Gasteiger partial charge is 0.480 e. The van der Waals surface area contributed by atoms with E-state index < -0.39 is 35.9 Å². The molecule has 0 saturated heterocycles. The minimum atomic E-state index is -1.17. The predicted octanol–water partition coefficient (Wildman–Crippen LogP) is -0.600. The van der Waals surface area contributed by atoms with Gasteiger partial charge in [0.25, 0.3) is 0 Å². The summed E-state index contributed by atoms with van der Waals surface area (Å²) in [6, 6.07) is -2.72. The molecule has 0 aliphatic carbocycles. The molecule has 2 amide bonds. The summed E-state index contributed by atoms with van der Waals surface area (Å²) in [4.78, 5) is 42.2. The minimum Gasteiger partial charge on any atom is -0.480 e. The van der Waals surface area contributed by atoms with E-state index in [1.807, 2.05) is 13.8 Å². The number of nitrogens with two attached hydrogens (primary N) is 1. The Balaban J connectivity index is 2.78. The van der Waals surface area contributed by atoms with Crippen LogP contribution >= 0.6 is 0 Å². The van der Waals surface area contributed by atoms with Crippen molar-refractivity contribution in [3.63, 3.8) is 0 Å². The van der Waals surface area contributed by atoms with Crippen molar-refractivity contribution in [1.29, 1.82) is 0 Å². The van der Waals surface area contributed by atoms with Crippen LogP contribution in [-0.4, -0.2) is 51.0 Å². The van der Waals surface area contributed by atoms with E-state index in [2.05, 4.69) is 20.6 Å². The van der Waals surface area contributed by atoms with Gasteiger partial charge in [0.05, 0.1) is 12.4 Å². The lowest BCUT2D eigenvalue weighted by molar-refractivity contribution is -0.142. The lowest BCUT2D eigenvalue weighted by atomic mass is 10.0. The number of amides is 2. The van der Waals surface area contributed by atoms with E-state index >= 15 is 0 Å². The highest BCUT2D eigenvalue weighted by molar-refractivity contribution is 5.91. The van der Waals surface area contributed by atoms with Crippen molar-refractivity contribution in [2.24, 2.45) is 11.7 Å². The molecule has 1 aromatic heterocycles. The average Bonchev–Trinajstić information content (AvgIpc) is 2.97. The van der Waals surface area contributed by atoms with Crippen LogP contribution in [0.5, 0.6) is 0 Å². The molecular weight excluding hydrogens is 314 g/mol. The molecule has 24 heavy (non-hydrogen) atoms. The van der Waals surface area contributed by atoms with Crippen molar-refractivity contribution < 1.29 is 19.5 Å². The first kappa shape index (κ1) is 19.6. The number of aromatic amines is 1. The van der Waals surface area contributed by atoms with Gasteiger partial charge in [-0.1, -0.05) is 13.8 Å². The summed E-state index contributed by atoms with van der Waals surface area (Å²) >= 11 is 0. The van der Waals surface area contributed by atoms with Crippen molar-refractivity contribution in [2.45, 2.75) is 51.7 Å². The molecule has 9 heteroatoms. The van der Waals surface area contributed by atoms with Gasteiger partial charge in [-0.15, -0.1) is 0 Å². The maximum absolute atomic E-state index is 12.4. The van der Waals surface area contributed by atoms with Crippen LogP contribution in [0.3, 0.4) is 0 Å². The number of carbonyl (C=O) groups is 3. The van der Waals surface area contributed by atoms with Gasteiger partial charge < -0.3 is 26.5 Å². The standard InChI is InChI=1S/C15H25N5O4/c1-8(2)4-11(19-13(21)9(3)16)14(22)20-12(15(23)24)5-10-6-17-7-18-10/h6-9,11-12H,4-5,16H2,1-3H3,(H,17,18)(H,19,21)(H,20,22)(H,23,24). The molecule has 0 aliphatic heterocycles. The van der Waals surface area contributed by atoms with E-state index in [9.17, 15) is 19.5 Å². The third-order valence-corrected chi connectivity index (χ3v) is 3.35. The maximum atomic E-state index is 12.4. The van der Waals surface area contributed by atoms with E-state index in [0.29, 0.717) is 12.1 Å². The molecular formula is C15H25N5O4. The molecule has 0 saturated carbocycles. The summed E-state index contributed by atoms with van der Waals surface area (Å²) in [6.45, 7) is 5.31. The number of hydrogen-bond donors (Lipinski definition) is 5. The second kappa shape index (κ2) is 9.02. The van der Waals surface area contributed by atoms with Crippen LogP contribution in [0.4, 0.5) is 0 Å². The first-order valence-electron chi connectivity index (χ1n) is 7.77. The Morgan fingerprint density at radius 1 is 1.21 bits per heavy atom. The molecule has 0 fully saturated rings. The zero-order valence-corrected chi connectivity index (χ0v) is 14.1. The van der Waals surface area contributed by atoms with Crippen molar-refractivity contribution >= 4 is 17.8 Å². The number of carboxylic acids is 1. The summed E-state index contributed by atoms with van der Waals surface area (Å²) in [5.41, 5.74) is 6.09. The van der Waals surface area contributed by atoms with Gasteiger partial charge in [0.1, 0.15) is 12.1 Å². The third kappa shape index (κ3) is 6.37. The normalized spacial score (nSPS) is 14.7. The van der Waals surface area contributed by atoms with Crippen molar-refractivity contribution in [2.75, 3.05) is 0 Å². The molecule has 6 N–H and O–H groups in total. The minimum absolute atomic E-state index is 0.0662. The Bertz CT molecular complexity index is 556. The van der Waals surface area contributed by atoms with Crippen LogP contribution in [-0.2, 0) is 20.8 Å². The zero-order chi connectivity index (χ0) is 18.3. The van der Waals surface area contributed by atoms with Gasteiger partial charge in [0.2, 0.25) is 11.8 Å². The Labute approximate surface area is 140 Å². The Hall–Kier alpha value is -2.42. The maximum Gasteiger partial charge on any atom is 0.326 e. The van der Waals surface area contributed by atoms with Crippen LogP contribution in [0.2, 0.25) is 0 Å². The molecule has 1 aromatic rings. The first-order valence-corrected chi connectivity index (χ1v) is 7.77. The quantitative estimate of drug-likeness (QED) is 0.405. The van der Waals surface area contributed by atoms with Gasteiger partial charge in [-0.25, -0.2) is 9.78 Å². The van der Waals surface area contributed by atoms with Gasteiger partial charge in [-0.05, 0) is 19.3 Å². The average molecular weight is 339 g/mol. The number of imidazole rings is 1. The Morgan fingerprint density at radius 3 is 2.29 bits per heavy atom. The smallest absolute Gasteiger partial charge is 0.326 e. The number of aliphatic carboxylic acids is 1. The van der Waals surface area contributed by atoms with E-state index in [-0.39, 0.29) is 12.3 Å². The van der Waals surface area contributed by atoms with E-state index in [4.69, 9.17) is 5.73 Å². The van der Waals surface area contributed by atoms with Crippen molar-refractivity contribution in [3.8, 4) is 0 Å². The molecule has 0 spiro atoms. The highest BCUT2D eigenvalue weighted by Gasteiger charge is 2.28. The molecule has 3 atom stereocenters. The van der Waals surface area contributed by atoms with Crippen LogP contribution in [0.25, 0.3) is 0 Å². The molecule has 0 aliphatic rings. The number of aromatic nitrogens is 2. The molecule has 9 nitrogen and oxygen atoms in total. The van der Waals surface area contributed by atoms with E-state index in [1.54, 1.807) is 0 Å². The molecule has 1 rings (SSSR count). The van der Waals surface area contributed by atoms with Crippen LogP contribution in [0.15, 0.2) is 12.5 Å². The fourth-order valence-corrected chi connectivity index (χ4v) is 2.09.